The summed E-state index contributed by atoms with van der Waals surface area (Å²) in [6.45, 7) is 0.214. The van der Waals surface area contributed by atoms with E-state index in [0.29, 0.717) is 34.3 Å². The number of benzene rings is 2. The van der Waals surface area contributed by atoms with Gasteiger partial charge in [-0.2, -0.15) is 0 Å². The van der Waals surface area contributed by atoms with Gasteiger partial charge in [0, 0.05) is 17.4 Å². The molecule has 0 saturated carbocycles. The second-order valence-corrected chi connectivity index (χ2v) is 7.50. The molecule has 30 heavy (non-hydrogen) atoms. The molecule has 0 radical (unpaired) electrons. The second kappa shape index (κ2) is 6.98. The van der Waals surface area contributed by atoms with Crippen molar-refractivity contribution in [2.24, 2.45) is 11.8 Å². The van der Waals surface area contributed by atoms with E-state index in [-0.39, 0.29) is 25.3 Å². The molecule has 158 valence electrons. The lowest BCUT2D eigenvalue weighted by molar-refractivity contribution is -0.141. The third-order valence-electron chi connectivity index (χ3n) is 6.21. The van der Waals surface area contributed by atoms with Gasteiger partial charge < -0.3 is 33.5 Å². The third-order valence-corrected chi connectivity index (χ3v) is 6.21. The summed E-state index contributed by atoms with van der Waals surface area (Å²) in [6, 6.07) is 7.38. The Labute approximate surface area is 173 Å². The highest BCUT2D eigenvalue weighted by molar-refractivity contribution is 5.79. The Hall–Kier alpha value is -3.13. The van der Waals surface area contributed by atoms with Gasteiger partial charge in [-0.25, -0.2) is 0 Å². The molecule has 2 aromatic rings. The van der Waals surface area contributed by atoms with Crippen molar-refractivity contribution in [1.82, 2.24) is 0 Å². The number of hydrogen-bond acceptors (Lipinski definition) is 8. The van der Waals surface area contributed by atoms with Crippen molar-refractivity contribution >= 4 is 5.97 Å². The quantitative estimate of drug-likeness (QED) is 0.763. The number of carbonyl (C=O) groups is 1. The molecule has 5 rings (SSSR count). The third kappa shape index (κ3) is 2.53. The van der Waals surface area contributed by atoms with E-state index >= 15 is 0 Å². The number of aliphatic hydroxyl groups is 1. The minimum atomic E-state index is -0.933. The van der Waals surface area contributed by atoms with Crippen LogP contribution in [0.25, 0.3) is 0 Å². The highest BCUT2D eigenvalue weighted by Gasteiger charge is 2.53. The maximum atomic E-state index is 12.7. The molecule has 1 fully saturated rings. The van der Waals surface area contributed by atoms with E-state index in [9.17, 15) is 9.90 Å². The molecule has 4 atom stereocenters. The van der Waals surface area contributed by atoms with Gasteiger partial charge in [-0.1, -0.05) is 6.07 Å². The Kier molecular flexibility index (Phi) is 4.39. The number of esters is 1. The first kappa shape index (κ1) is 18.9. The van der Waals surface area contributed by atoms with Gasteiger partial charge in [-0.3, -0.25) is 4.79 Å². The van der Waals surface area contributed by atoms with Gasteiger partial charge in [0.25, 0.3) is 0 Å². The van der Waals surface area contributed by atoms with Crippen molar-refractivity contribution in [2.45, 2.75) is 12.0 Å². The van der Waals surface area contributed by atoms with Gasteiger partial charge in [0.1, 0.15) is 0 Å². The van der Waals surface area contributed by atoms with Crippen LogP contribution in [0.15, 0.2) is 24.3 Å². The second-order valence-electron chi connectivity index (χ2n) is 7.50. The monoisotopic (exact) mass is 414 g/mol. The van der Waals surface area contributed by atoms with E-state index in [1.807, 2.05) is 18.2 Å². The molecule has 1 N–H and O–H groups in total. The summed E-state index contributed by atoms with van der Waals surface area (Å²) in [5, 5.41) is 11.2. The summed E-state index contributed by atoms with van der Waals surface area (Å²) in [4.78, 5) is 12.7. The summed E-state index contributed by atoms with van der Waals surface area (Å²) >= 11 is 0. The summed E-state index contributed by atoms with van der Waals surface area (Å²) in [5.41, 5.74) is 2.19. The van der Waals surface area contributed by atoms with Gasteiger partial charge >= 0.3 is 5.97 Å². The first-order valence-electron chi connectivity index (χ1n) is 9.66. The number of methoxy groups -OCH3 is 3. The van der Waals surface area contributed by atoms with Crippen LogP contribution in [0.4, 0.5) is 0 Å². The van der Waals surface area contributed by atoms with Crippen LogP contribution in [0, 0.1) is 11.8 Å². The molecule has 2 aromatic carbocycles. The number of aliphatic hydroxyl groups excluding tert-OH is 1. The normalized spacial score (nSPS) is 25.9. The van der Waals surface area contributed by atoms with Crippen LogP contribution in [0.5, 0.6) is 28.7 Å². The zero-order chi connectivity index (χ0) is 21.0. The summed E-state index contributed by atoms with van der Waals surface area (Å²) < 4.78 is 33.0. The van der Waals surface area contributed by atoms with Crippen molar-refractivity contribution in [3.8, 4) is 28.7 Å². The van der Waals surface area contributed by atoms with Crippen LogP contribution in [0.3, 0.4) is 0 Å². The molecule has 0 amide bonds. The van der Waals surface area contributed by atoms with Gasteiger partial charge in [0.05, 0.1) is 40.0 Å². The Bertz CT molecular complexity index is 1020. The Morgan fingerprint density at radius 3 is 2.53 bits per heavy atom. The molecule has 0 bridgehead atoms. The average Bonchev–Trinajstić information content (AvgIpc) is 3.39. The zero-order valence-corrected chi connectivity index (χ0v) is 16.8. The molecule has 4 unspecified atom stereocenters. The minimum Gasteiger partial charge on any atom is -0.493 e. The maximum absolute atomic E-state index is 12.7. The molecule has 0 aromatic heterocycles. The molecule has 8 nitrogen and oxygen atoms in total. The average molecular weight is 414 g/mol. The van der Waals surface area contributed by atoms with E-state index in [1.165, 1.54) is 7.11 Å². The Balaban J connectivity index is 1.76. The molecular weight excluding hydrogens is 392 g/mol. The van der Waals surface area contributed by atoms with Crippen molar-refractivity contribution in [1.29, 1.82) is 0 Å². The van der Waals surface area contributed by atoms with Crippen LogP contribution >= 0.6 is 0 Å². The number of hydrogen-bond donors (Lipinski definition) is 1. The maximum Gasteiger partial charge on any atom is 0.310 e. The lowest BCUT2D eigenvalue weighted by atomic mass is 9.66. The Morgan fingerprint density at radius 1 is 1.00 bits per heavy atom. The first-order valence-corrected chi connectivity index (χ1v) is 9.66. The number of carbonyl (C=O) groups excluding carboxylic acids is 1. The van der Waals surface area contributed by atoms with E-state index in [1.54, 1.807) is 20.3 Å². The predicted octanol–water partition coefficient (Wildman–Crippen LogP) is 2.41. The van der Waals surface area contributed by atoms with E-state index in [4.69, 9.17) is 28.4 Å². The Morgan fingerprint density at radius 2 is 1.80 bits per heavy atom. The van der Waals surface area contributed by atoms with Crippen molar-refractivity contribution < 1.29 is 38.3 Å². The SMILES string of the molecule is COc1ccc(C2c3cc4c(c(OC)c3C(O)C3COC(=O)C23)OCO4)cc1OC. The molecule has 0 spiro atoms. The zero-order valence-electron chi connectivity index (χ0n) is 16.8. The summed E-state index contributed by atoms with van der Waals surface area (Å²) in [6.07, 6.45) is -0.933. The molecular formula is C22H22O8. The van der Waals surface area contributed by atoms with Crippen molar-refractivity contribution in [2.75, 3.05) is 34.7 Å². The molecule has 2 aliphatic heterocycles. The topological polar surface area (TPSA) is 92.7 Å². The van der Waals surface area contributed by atoms with E-state index in [0.717, 1.165) is 11.1 Å². The fraction of sp³-hybridized carbons (Fsp3) is 0.409. The number of ether oxygens (including phenoxy) is 6. The van der Waals surface area contributed by atoms with Crippen LogP contribution in [-0.2, 0) is 9.53 Å². The minimum absolute atomic E-state index is 0.0700. The van der Waals surface area contributed by atoms with Crippen LogP contribution in [0.2, 0.25) is 0 Å². The number of rotatable bonds is 4. The smallest absolute Gasteiger partial charge is 0.310 e. The molecule has 2 heterocycles. The summed E-state index contributed by atoms with van der Waals surface area (Å²) in [7, 11) is 4.66. The predicted molar refractivity (Wildman–Crippen MR) is 103 cm³/mol. The van der Waals surface area contributed by atoms with Gasteiger partial charge in [0.15, 0.2) is 23.0 Å². The molecule has 1 saturated heterocycles. The largest absolute Gasteiger partial charge is 0.493 e. The molecule has 1 aliphatic carbocycles. The number of cyclic esters (lactones) is 1. The van der Waals surface area contributed by atoms with Gasteiger partial charge in [-0.05, 0) is 29.3 Å². The first-order chi connectivity index (χ1) is 14.6. The van der Waals surface area contributed by atoms with E-state index in [2.05, 4.69) is 0 Å². The van der Waals surface area contributed by atoms with Gasteiger partial charge in [0.2, 0.25) is 12.5 Å². The van der Waals surface area contributed by atoms with Gasteiger partial charge in [-0.15, -0.1) is 0 Å². The van der Waals surface area contributed by atoms with Crippen molar-refractivity contribution in [3.05, 3.63) is 41.0 Å². The fourth-order valence-corrected chi connectivity index (χ4v) is 4.88. The lowest BCUT2D eigenvalue weighted by Crippen LogP contribution is -2.35. The fourth-order valence-electron chi connectivity index (χ4n) is 4.88. The molecule has 8 heteroatoms. The number of fused-ring (bicyclic) bond motifs is 3. The summed E-state index contributed by atoms with van der Waals surface area (Å²) in [5.74, 6) is 0.888. The molecule has 3 aliphatic rings. The highest BCUT2D eigenvalue weighted by atomic mass is 16.7. The van der Waals surface area contributed by atoms with E-state index < -0.39 is 17.9 Å². The highest BCUT2D eigenvalue weighted by Crippen LogP contribution is 2.58. The van der Waals surface area contributed by atoms with Crippen LogP contribution < -0.4 is 23.7 Å². The standard InChI is InChI=1S/C22H22O8/c1-25-13-5-4-10(6-14(13)26-2)16-11-7-15-20(30-9-29-15)21(27-3)18(11)19(23)12-8-28-22(24)17(12)16/h4-7,12,16-17,19,23H,8-9H2,1-3H3. The van der Waals surface area contributed by atoms with Crippen molar-refractivity contribution in [3.63, 3.8) is 0 Å². The lowest BCUT2D eigenvalue weighted by Gasteiger charge is -2.37. The van der Waals surface area contributed by atoms with Crippen LogP contribution in [0.1, 0.15) is 28.7 Å². The van der Waals surface area contributed by atoms with Crippen LogP contribution in [-0.4, -0.2) is 45.8 Å².